The number of anilines is 1. The SMILES string of the molecule is CSC1(SC)C(=O)Nc2ccc(C)cc21. The lowest BCUT2D eigenvalue weighted by Crippen LogP contribution is -2.26. The van der Waals surface area contributed by atoms with Crippen LogP contribution in [0.25, 0.3) is 0 Å². The fourth-order valence-corrected chi connectivity index (χ4v) is 3.77. The van der Waals surface area contributed by atoms with E-state index >= 15 is 0 Å². The number of carbonyl (C=O) groups is 1. The van der Waals surface area contributed by atoms with Crippen LogP contribution in [0.4, 0.5) is 5.69 Å². The van der Waals surface area contributed by atoms with Gasteiger partial charge in [0.05, 0.1) is 0 Å². The molecule has 15 heavy (non-hydrogen) atoms. The number of benzene rings is 1. The van der Waals surface area contributed by atoms with Gasteiger partial charge in [0.15, 0.2) is 4.08 Å². The smallest absolute Gasteiger partial charge is 0.255 e. The summed E-state index contributed by atoms with van der Waals surface area (Å²) in [5, 5.41) is 2.94. The molecule has 2 nitrogen and oxygen atoms in total. The summed E-state index contributed by atoms with van der Waals surface area (Å²) in [6, 6.07) is 6.10. The molecule has 0 saturated heterocycles. The first-order valence-corrected chi connectivity index (χ1v) is 7.12. The van der Waals surface area contributed by atoms with Crippen LogP contribution in [0.15, 0.2) is 18.2 Å². The number of fused-ring (bicyclic) bond motifs is 1. The largest absolute Gasteiger partial charge is 0.323 e. The van der Waals surface area contributed by atoms with Gasteiger partial charge in [0.1, 0.15) is 0 Å². The molecule has 1 N–H and O–H groups in total. The topological polar surface area (TPSA) is 29.1 Å². The number of rotatable bonds is 2. The van der Waals surface area contributed by atoms with E-state index in [4.69, 9.17) is 0 Å². The molecular formula is C11H13NOS2. The van der Waals surface area contributed by atoms with E-state index < -0.39 is 4.08 Å². The van der Waals surface area contributed by atoms with Crippen molar-refractivity contribution in [3.05, 3.63) is 29.3 Å². The van der Waals surface area contributed by atoms with Crippen molar-refractivity contribution in [3.63, 3.8) is 0 Å². The number of thioether (sulfide) groups is 2. The van der Waals surface area contributed by atoms with Crippen LogP contribution in [0, 0.1) is 6.92 Å². The van der Waals surface area contributed by atoms with Gasteiger partial charge in [-0.2, -0.15) is 0 Å². The molecule has 1 aromatic carbocycles. The molecule has 0 aromatic heterocycles. The van der Waals surface area contributed by atoms with Crippen molar-refractivity contribution in [3.8, 4) is 0 Å². The van der Waals surface area contributed by atoms with Crippen molar-refractivity contribution in [1.82, 2.24) is 0 Å². The van der Waals surface area contributed by atoms with E-state index in [2.05, 4.69) is 18.3 Å². The maximum atomic E-state index is 12.0. The zero-order valence-corrected chi connectivity index (χ0v) is 10.6. The summed E-state index contributed by atoms with van der Waals surface area (Å²) in [5.74, 6) is 0.0862. The molecule has 1 aromatic rings. The van der Waals surface area contributed by atoms with Crippen molar-refractivity contribution in [2.24, 2.45) is 0 Å². The molecule has 1 aliphatic heterocycles. The van der Waals surface area contributed by atoms with Crippen molar-refractivity contribution in [2.75, 3.05) is 17.8 Å². The van der Waals surface area contributed by atoms with E-state index in [0.717, 1.165) is 11.3 Å². The highest BCUT2D eigenvalue weighted by atomic mass is 32.2. The average molecular weight is 239 g/mol. The Balaban J connectivity index is 2.61. The number of hydrogen-bond acceptors (Lipinski definition) is 3. The highest BCUT2D eigenvalue weighted by molar-refractivity contribution is 8.18. The van der Waals surface area contributed by atoms with Gasteiger partial charge < -0.3 is 5.32 Å². The minimum Gasteiger partial charge on any atom is -0.323 e. The minimum absolute atomic E-state index is 0.0862. The van der Waals surface area contributed by atoms with Crippen LogP contribution >= 0.6 is 23.5 Å². The van der Waals surface area contributed by atoms with Gasteiger partial charge in [-0.25, -0.2) is 0 Å². The Kier molecular flexibility index (Phi) is 2.73. The Bertz CT molecular complexity index is 413. The fourth-order valence-electron chi connectivity index (χ4n) is 1.85. The first-order chi connectivity index (χ1) is 7.14. The highest BCUT2D eigenvalue weighted by Gasteiger charge is 2.45. The zero-order valence-electron chi connectivity index (χ0n) is 8.96. The average Bonchev–Trinajstić information content (AvgIpc) is 2.50. The second-order valence-corrected chi connectivity index (χ2v) is 5.83. The van der Waals surface area contributed by atoms with Gasteiger partial charge in [-0.05, 0) is 25.5 Å². The summed E-state index contributed by atoms with van der Waals surface area (Å²) < 4.78 is -0.457. The predicted octanol–water partition coefficient (Wildman–Crippen LogP) is 2.83. The van der Waals surface area contributed by atoms with Gasteiger partial charge in [0.2, 0.25) is 0 Å². The van der Waals surface area contributed by atoms with E-state index in [1.165, 1.54) is 5.56 Å². The van der Waals surface area contributed by atoms with Crippen LogP contribution < -0.4 is 5.32 Å². The first kappa shape index (κ1) is 10.9. The Morgan fingerprint density at radius 2 is 1.93 bits per heavy atom. The van der Waals surface area contributed by atoms with Crippen LogP contribution in [0.3, 0.4) is 0 Å². The molecule has 0 radical (unpaired) electrons. The van der Waals surface area contributed by atoms with Gasteiger partial charge in [0, 0.05) is 11.3 Å². The van der Waals surface area contributed by atoms with Crippen molar-refractivity contribution < 1.29 is 4.79 Å². The van der Waals surface area contributed by atoms with Crippen molar-refractivity contribution in [2.45, 2.75) is 11.0 Å². The molecule has 0 unspecified atom stereocenters. The standard InChI is InChI=1S/C11H13NOS2/c1-7-4-5-9-8(6-7)11(14-2,15-3)10(13)12-9/h4-6H,1-3H3,(H,12,13). The van der Waals surface area contributed by atoms with E-state index in [-0.39, 0.29) is 5.91 Å². The number of carbonyl (C=O) groups excluding carboxylic acids is 1. The highest BCUT2D eigenvalue weighted by Crippen LogP contribution is 2.51. The molecule has 0 bridgehead atoms. The summed E-state index contributed by atoms with van der Waals surface area (Å²) >= 11 is 3.18. The van der Waals surface area contributed by atoms with Crippen LogP contribution in [0.1, 0.15) is 11.1 Å². The minimum atomic E-state index is -0.457. The van der Waals surface area contributed by atoms with Gasteiger partial charge >= 0.3 is 0 Å². The van der Waals surface area contributed by atoms with Crippen molar-refractivity contribution >= 4 is 35.1 Å². The molecule has 1 heterocycles. The number of nitrogens with one attached hydrogen (secondary N) is 1. The monoisotopic (exact) mass is 239 g/mol. The maximum absolute atomic E-state index is 12.0. The molecule has 1 aliphatic rings. The Morgan fingerprint density at radius 1 is 1.27 bits per heavy atom. The summed E-state index contributed by atoms with van der Waals surface area (Å²) in [7, 11) is 0. The Labute approximate surface area is 98.2 Å². The third kappa shape index (κ3) is 1.47. The van der Waals surface area contributed by atoms with E-state index in [9.17, 15) is 4.79 Å². The molecule has 2 rings (SSSR count). The molecular weight excluding hydrogens is 226 g/mol. The number of aryl methyl sites for hydroxylation is 1. The summed E-state index contributed by atoms with van der Waals surface area (Å²) in [5.41, 5.74) is 3.25. The van der Waals surface area contributed by atoms with Crippen LogP contribution in [-0.4, -0.2) is 18.4 Å². The van der Waals surface area contributed by atoms with Crippen molar-refractivity contribution in [1.29, 1.82) is 0 Å². The maximum Gasteiger partial charge on any atom is 0.255 e. The van der Waals surface area contributed by atoms with Crippen LogP contribution in [0.5, 0.6) is 0 Å². The quantitative estimate of drug-likeness (QED) is 0.805. The zero-order chi connectivity index (χ0) is 11.1. The second-order valence-electron chi connectivity index (χ2n) is 3.53. The molecule has 0 atom stereocenters. The lowest BCUT2D eigenvalue weighted by Gasteiger charge is -2.22. The van der Waals surface area contributed by atoms with Gasteiger partial charge in [-0.3, -0.25) is 4.79 Å². The van der Waals surface area contributed by atoms with E-state index in [1.807, 2.05) is 24.6 Å². The van der Waals surface area contributed by atoms with Gasteiger partial charge in [-0.1, -0.05) is 17.7 Å². The molecule has 4 heteroatoms. The molecule has 0 fully saturated rings. The first-order valence-electron chi connectivity index (χ1n) is 4.67. The third-order valence-corrected chi connectivity index (χ3v) is 5.61. The normalized spacial score (nSPS) is 17.4. The Hall–Kier alpha value is -0.610. The third-order valence-electron chi connectivity index (χ3n) is 2.65. The fraction of sp³-hybridized carbons (Fsp3) is 0.364. The lowest BCUT2D eigenvalue weighted by molar-refractivity contribution is -0.116. The molecule has 0 saturated carbocycles. The van der Waals surface area contributed by atoms with Gasteiger partial charge in [-0.15, -0.1) is 23.5 Å². The number of amides is 1. The predicted molar refractivity (Wildman–Crippen MR) is 68.5 cm³/mol. The van der Waals surface area contributed by atoms with E-state index in [1.54, 1.807) is 23.5 Å². The van der Waals surface area contributed by atoms with Gasteiger partial charge in [0.25, 0.3) is 5.91 Å². The number of hydrogen-bond donors (Lipinski definition) is 1. The second kappa shape index (κ2) is 3.76. The summed E-state index contributed by atoms with van der Waals surface area (Å²) in [4.78, 5) is 12.0. The molecule has 1 amide bonds. The summed E-state index contributed by atoms with van der Waals surface area (Å²) in [6.07, 6.45) is 3.96. The van der Waals surface area contributed by atoms with E-state index in [0.29, 0.717) is 0 Å². The lowest BCUT2D eigenvalue weighted by atomic mass is 10.1. The van der Waals surface area contributed by atoms with Crippen LogP contribution in [0.2, 0.25) is 0 Å². The molecule has 0 aliphatic carbocycles. The molecule has 80 valence electrons. The summed E-state index contributed by atoms with van der Waals surface area (Å²) in [6.45, 7) is 2.05. The molecule has 0 spiro atoms. The Morgan fingerprint density at radius 3 is 2.53 bits per heavy atom. The van der Waals surface area contributed by atoms with Crippen LogP contribution in [-0.2, 0) is 8.87 Å².